The minimum Gasteiger partial charge on any atom is -0.381 e. The predicted molar refractivity (Wildman–Crippen MR) is 71.2 cm³/mol. The van der Waals surface area contributed by atoms with Crippen LogP contribution in [0, 0.1) is 11.8 Å². The summed E-state index contributed by atoms with van der Waals surface area (Å²) in [7, 11) is 4.50. The average Bonchev–Trinajstić information content (AvgIpc) is 2.38. The van der Waals surface area contributed by atoms with Gasteiger partial charge in [-0.3, -0.25) is 0 Å². The Morgan fingerprint density at radius 2 is 1.76 bits per heavy atom. The van der Waals surface area contributed by atoms with E-state index >= 15 is 0 Å². The molecule has 2 aliphatic rings. The zero-order valence-corrected chi connectivity index (χ0v) is 11.5. The van der Waals surface area contributed by atoms with Gasteiger partial charge in [0.15, 0.2) is 0 Å². The molecule has 0 amide bonds. The van der Waals surface area contributed by atoms with Gasteiger partial charge in [-0.25, -0.2) is 0 Å². The lowest BCUT2D eigenvalue weighted by atomic mass is 9.82. The average molecular weight is 240 g/mol. The molecule has 0 bridgehead atoms. The molecule has 0 aromatic rings. The Balaban J connectivity index is 1.86. The topological polar surface area (TPSA) is 24.5 Å². The van der Waals surface area contributed by atoms with Gasteiger partial charge >= 0.3 is 0 Å². The van der Waals surface area contributed by atoms with Gasteiger partial charge in [-0.1, -0.05) is 0 Å². The van der Waals surface area contributed by atoms with Gasteiger partial charge in [-0.15, -0.1) is 0 Å². The molecule has 2 fully saturated rings. The molecule has 3 nitrogen and oxygen atoms in total. The second-order valence-corrected chi connectivity index (χ2v) is 5.91. The van der Waals surface area contributed by atoms with E-state index in [-0.39, 0.29) is 0 Å². The van der Waals surface area contributed by atoms with Crippen LogP contribution in [-0.4, -0.2) is 51.3 Å². The van der Waals surface area contributed by atoms with Crippen molar-refractivity contribution in [2.75, 3.05) is 40.4 Å². The van der Waals surface area contributed by atoms with E-state index in [4.69, 9.17) is 4.74 Å². The highest BCUT2D eigenvalue weighted by Crippen LogP contribution is 2.29. The van der Waals surface area contributed by atoms with Crippen LogP contribution in [0.2, 0.25) is 0 Å². The Morgan fingerprint density at radius 1 is 1.12 bits per heavy atom. The van der Waals surface area contributed by atoms with Crippen molar-refractivity contribution in [3.05, 3.63) is 0 Å². The fourth-order valence-corrected chi connectivity index (χ4v) is 3.38. The Kier molecular flexibility index (Phi) is 5.26. The molecule has 3 heteroatoms. The zero-order valence-electron chi connectivity index (χ0n) is 11.5. The van der Waals surface area contributed by atoms with E-state index in [2.05, 4.69) is 24.3 Å². The van der Waals surface area contributed by atoms with E-state index < -0.39 is 0 Å². The van der Waals surface area contributed by atoms with Crippen molar-refractivity contribution in [1.29, 1.82) is 0 Å². The lowest BCUT2D eigenvalue weighted by Gasteiger charge is -2.38. The van der Waals surface area contributed by atoms with Crippen LogP contribution in [0.4, 0.5) is 0 Å². The number of nitrogens with one attached hydrogen (secondary N) is 1. The van der Waals surface area contributed by atoms with Gasteiger partial charge in [0.1, 0.15) is 0 Å². The number of piperidine rings is 1. The summed E-state index contributed by atoms with van der Waals surface area (Å²) in [5.74, 6) is 1.79. The van der Waals surface area contributed by atoms with Crippen LogP contribution >= 0.6 is 0 Å². The Bertz CT molecular complexity index is 208. The molecule has 1 unspecified atom stereocenters. The minimum atomic E-state index is 0.766. The van der Waals surface area contributed by atoms with Crippen molar-refractivity contribution in [3.63, 3.8) is 0 Å². The molecule has 1 N–H and O–H groups in total. The molecule has 2 saturated heterocycles. The van der Waals surface area contributed by atoms with Crippen molar-refractivity contribution in [2.24, 2.45) is 11.8 Å². The van der Waals surface area contributed by atoms with Crippen LogP contribution < -0.4 is 5.32 Å². The monoisotopic (exact) mass is 240 g/mol. The Hall–Kier alpha value is -0.120. The highest BCUT2D eigenvalue weighted by atomic mass is 16.5. The summed E-state index contributed by atoms with van der Waals surface area (Å²) in [5, 5.41) is 3.46. The first-order valence-corrected chi connectivity index (χ1v) is 7.22. The van der Waals surface area contributed by atoms with Crippen LogP contribution in [0.25, 0.3) is 0 Å². The molecule has 2 heterocycles. The molecule has 0 aromatic heterocycles. The molecule has 0 aromatic carbocycles. The third kappa shape index (κ3) is 3.94. The summed E-state index contributed by atoms with van der Waals surface area (Å²) < 4.78 is 5.49. The maximum atomic E-state index is 5.49. The quantitative estimate of drug-likeness (QED) is 0.810. The van der Waals surface area contributed by atoms with Gasteiger partial charge in [0, 0.05) is 19.3 Å². The molecule has 0 spiro atoms. The molecular formula is C14H28N2O. The molecule has 2 aliphatic heterocycles. The second kappa shape index (κ2) is 6.72. The van der Waals surface area contributed by atoms with Crippen LogP contribution in [0.3, 0.4) is 0 Å². The van der Waals surface area contributed by atoms with Gasteiger partial charge in [0.25, 0.3) is 0 Å². The molecule has 17 heavy (non-hydrogen) atoms. The number of ether oxygens (including phenoxy) is 1. The van der Waals surface area contributed by atoms with E-state index in [1.807, 2.05) is 0 Å². The number of hydrogen-bond donors (Lipinski definition) is 1. The van der Waals surface area contributed by atoms with Gasteiger partial charge in [-0.2, -0.15) is 0 Å². The SMILES string of the molecule is CN(C)C(CC1CCNCC1)C1CCOCC1. The molecular weight excluding hydrogens is 212 g/mol. The summed E-state index contributed by atoms with van der Waals surface area (Å²) in [6, 6.07) is 0.766. The lowest BCUT2D eigenvalue weighted by Crippen LogP contribution is -2.41. The smallest absolute Gasteiger partial charge is 0.0469 e. The lowest BCUT2D eigenvalue weighted by molar-refractivity contribution is 0.0293. The van der Waals surface area contributed by atoms with Crippen molar-refractivity contribution >= 4 is 0 Å². The first-order valence-electron chi connectivity index (χ1n) is 7.22. The summed E-state index contributed by atoms with van der Waals surface area (Å²) in [5.41, 5.74) is 0. The fourth-order valence-electron chi connectivity index (χ4n) is 3.38. The largest absolute Gasteiger partial charge is 0.381 e. The second-order valence-electron chi connectivity index (χ2n) is 5.91. The predicted octanol–water partition coefficient (Wildman–Crippen LogP) is 1.73. The molecule has 1 atom stereocenters. The summed E-state index contributed by atoms with van der Waals surface area (Å²) in [6.45, 7) is 4.39. The highest BCUT2D eigenvalue weighted by Gasteiger charge is 2.28. The van der Waals surface area contributed by atoms with Crippen LogP contribution in [-0.2, 0) is 4.74 Å². The summed E-state index contributed by atoms with van der Waals surface area (Å²) in [4.78, 5) is 2.46. The fraction of sp³-hybridized carbons (Fsp3) is 1.00. The van der Waals surface area contributed by atoms with E-state index in [1.54, 1.807) is 0 Å². The standard InChI is InChI=1S/C14H28N2O/c1-16(2)14(13-5-9-17-10-6-13)11-12-3-7-15-8-4-12/h12-15H,3-11H2,1-2H3. The normalized spacial score (nSPS) is 26.3. The first kappa shape index (κ1) is 13.3. The minimum absolute atomic E-state index is 0.766. The van der Waals surface area contributed by atoms with Crippen molar-refractivity contribution in [2.45, 2.75) is 38.1 Å². The van der Waals surface area contributed by atoms with Crippen LogP contribution in [0.1, 0.15) is 32.1 Å². The highest BCUT2D eigenvalue weighted by molar-refractivity contribution is 4.82. The van der Waals surface area contributed by atoms with Crippen LogP contribution in [0.15, 0.2) is 0 Å². The number of rotatable bonds is 4. The van der Waals surface area contributed by atoms with Gasteiger partial charge < -0.3 is 15.0 Å². The number of nitrogens with zero attached hydrogens (tertiary/aromatic N) is 1. The summed E-state index contributed by atoms with van der Waals surface area (Å²) >= 11 is 0. The van der Waals surface area contributed by atoms with Crippen molar-refractivity contribution in [3.8, 4) is 0 Å². The van der Waals surface area contributed by atoms with Gasteiger partial charge in [0.05, 0.1) is 0 Å². The molecule has 100 valence electrons. The van der Waals surface area contributed by atoms with Crippen molar-refractivity contribution < 1.29 is 4.74 Å². The van der Waals surface area contributed by atoms with E-state index in [1.165, 1.54) is 45.2 Å². The summed E-state index contributed by atoms with van der Waals surface area (Å²) in [6.07, 6.45) is 6.64. The third-order valence-electron chi connectivity index (χ3n) is 4.51. The molecule has 0 radical (unpaired) electrons. The Labute approximate surface area is 106 Å². The van der Waals surface area contributed by atoms with E-state index in [0.717, 1.165) is 31.1 Å². The molecule has 2 rings (SSSR count). The maximum absolute atomic E-state index is 5.49. The number of hydrogen-bond acceptors (Lipinski definition) is 3. The Morgan fingerprint density at radius 3 is 2.35 bits per heavy atom. The van der Waals surface area contributed by atoms with Gasteiger partial charge in [-0.05, 0) is 71.1 Å². The third-order valence-corrected chi connectivity index (χ3v) is 4.51. The maximum Gasteiger partial charge on any atom is 0.0469 e. The van der Waals surface area contributed by atoms with Crippen LogP contribution in [0.5, 0.6) is 0 Å². The first-order chi connectivity index (χ1) is 8.27. The van der Waals surface area contributed by atoms with E-state index in [9.17, 15) is 0 Å². The van der Waals surface area contributed by atoms with Crippen molar-refractivity contribution in [1.82, 2.24) is 10.2 Å². The van der Waals surface area contributed by atoms with E-state index in [0.29, 0.717) is 0 Å². The van der Waals surface area contributed by atoms with Gasteiger partial charge in [0.2, 0.25) is 0 Å². The molecule has 0 aliphatic carbocycles. The molecule has 0 saturated carbocycles. The zero-order chi connectivity index (χ0) is 12.1.